The molecule has 0 saturated heterocycles. The van der Waals surface area contributed by atoms with Gasteiger partial charge in [-0.2, -0.15) is 5.10 Å². The molecule has 1 heterocycles. The van der Waals surface area contributed by atoms with Crippen molar-refractivity contribution in [1.29, 1.82) is 0 Å². The molecule has 102 valence electrons. The molecule has 0 radical (unpaired) electrons. The Balaban J connectivity index is 2.41. The Morgan fingerprint density at radius 3 is 2.37 bits per heavy atom. The van der Waals surface area contributed by atoms with Crippen molar-refractivity contribution in [1.82, 2.24) is 9.78 Å². The molecule has 1 unspecified atom stereocenters. The second-order valence-corrected chi connectivity index (χ2v) is 5.61. The number of rotatable bonds is 3. The predicted octanol–water partition coefficient (Wildman–Crippen LogP) is 3.19. The Bertz CT molecular complexity index is 555. The Morgan fingerprint density at radius 1 is 1.32 bits per heavy atom. The van der Waals surface area contributed by atoms with Crippen LogP contribution in [0.25, 0.3) is 0 Å². The van der Waals surface area contributed by atoms with Crippen LogP contribution in [0.2, 0.25) is 5.02 Å². The lowest BCUT2D eigenvalue weighted by Gasteiger charge is -2.32. The number of aryl methyl sites for hydroxylation is 1. The lowest BCUT2D eigenvalue weighted by molar-refractivity contribution is 0.400. The summed E-state index contributed by atoms with van der Waals surface area (Å²) < 4.78 is 14.7. The highest BCUT2D eigenvalue weighted by molar-refractivity contribution is 6.31. The number of nitrogens with zero attached hydrogens (tertiary/aromatic N) is 2. The Morgan fingerprint density at radius 2 is 1.89 bits per heavy atom. The molecule has 0 spiro atoms. The van der Waals surface area contributed by atoms with E-state index in [1.54, 1.807) is 23.0 Å². The van der Waals surface area contributed by atoms with Crippen molar-refractivity contribution in [3.63, 3.8) is 0 Å². The molecule has 1 aromatic carbocycles. The maximum Gasteiger partial charge on any atom is 0.123 e. The van der Waals surface area contributed by atoms with E-state index in [9.17, 15) is 4.39 Å². The van der Waals surface area contributed by atoms with Gasteiger partial charge < -0.3 is 5.73 Å². The lowest BCUT2D eigenvalue weighted by atomic mass is 9.77. The summed E-state index contributed by atoms with van der Waals surface area (Å²) in [6, 6.07) is 6.04. The zero-order valence-corrected chi connectivity index (χ0v) is 11.9. The molecule has 1 atom stereocenters. The summed E-state index contributed by atoms with van der Waals surface area (Å²) >= 11 is 6.14. The van der Waals surface area contributed by atoms with Gasteiger partial charge in [0, 0.05) is 12.5 Å². The number of hydrogen-bond donors (Lipinski definition) is 1. The summed E-state index contributed by atoms with van der Waals surface area (Å²) in [5.74, 6) is -0.258. The van der Waals surface area contributed by atoms with Crippen molar-refractivity contribution in [3.05, 3.63) is 52.6 Å². The monoisotopic (exact) mass is 281 g/mol. The van der Waals surface area contributed by atoms with Crippen LogP contribution in [0, 0.1) is 5.82 Å². The molecule has 2 aromatic rings. The van der Waals surface area contributed by atoms with Crippen LogP contribution in [-0.2, 0) is 12.5 Å². The largest absolute Gasteiger partial charge is 0.322 e. The molecule has 5 heteroatoms. The van der Waals surface area contributed by atoms with Crippen LogP contribution in [-0.4, -0.2) is 9.78 Å². The van der Waals surface area contributed by atoms with Gasteiger partial charge in [0.15, 0.2) is 0 Å². The van der Waals surface area contributed by atoms with E-state index in [4.69, 9.17) is 17.3 Å². The van der Waals surface area contributed by atoms with Gasteiger partial charge in [-0.3, -0.25) is 4.68 Å². The number of hydrogen-bond acceptors (Lipinski definition) is 2. The van der Waals surface area contributed by atoms with Gasteiger partial charge in [0.05, 0.1) is 23.0 Å². The molecule has 2 rings (SSSR count). The van der Waals surface area contributed by atoms with Gasteiger partial charge in [-0.05, 0) is 17.7 Å². The van der Waals surface area contributed by atoms with Crippen molar-refractivity contribution in [3.8, 4) is 0 Å². The van der Waals surface area contributed by atoms with Crippen LogP contribution in [0.15, 0.2) is 30.5 Å². The van der Waals surface area contributed by atoms with Crippen LogP contribution >= 0.6 is 11.6 Å². The highest BCUT2D eigenvalue weighted by atomic mass is 35.5. The van der Waals surface area contributed by atoms with Gasteiger partial charge in [-0.25, -0.2) is 4.39 Å². The molecule has 0 aliphatic rings. The average molecular weight is 282 g/mol. The van der Waals surface area contributed by atoms with E-state index < -0.39 is 0 Å². The summed E-state index contributed by atoms with van der Waals surface area (Å²) in [6.07, 6.45) is 1.58. The highest BCUT2D eigenvalue weighted by Gasteiger charge is 2.33. The highest BCUT2D eigenvalue weighted by Crippen LogP contribution is 2.37. The van der Waals surface area contributed by atoms with Crippen LogP contribution in [0.1, 0.15) is 31.1 Å². The van der Waals surface area contributed by atoms with E-state index in [1.807, 2.05) is 20.9 Å². The first-order chi connectivity index (χ1) is 8.84. The molecule has 0 saturated carbocycles. The summed E-state index contributed by atoms with van der Waals surface area (Å²) in [6.45, 7) is 4.02. The fourth-order valence-corrected chi connectivity index (χ4v) is 2.45. The Labute approximate surface area is 117 Å². The molecule has 1 aromatic heterocycles. The molecule has 19 heavy (non-hydrogen) atoms. The maximum atomic E-state index is 13.0. The zero-order chi connectivity index (χ0) is 14.2. The first-order valence-corrected chi connectivity index (χ1v) is 6.41. The molecular formula is C14H17ClFN3. The third-order valence-corrected chi connectivity index (χ3v) is 3.89. The summed E-state index contributed by atoms with van der Waals surface area (Å²) in [5.41, 5.74) is 7.70. The van der Waals surface area contributed by atoms with Crippen molar-refractivity contribution >= 4 is 11.6 Å². The van der Waals surface area contributed by atoms with Gasteiger partial charge in [0.2, 0.25) is 0 Å². The summed E-state index contributed by atoms with van der Waals surface area (Å²) in [7, 11) is 1.81. The fourth-order valence-electron chi connectivity index (χ4n) is 2.17. The van der Waals surface area contributed by atoms with Crippen molar-refractivity contribution < 1.29 is 4.39 Å². The van der Waals surface area contributed by atoms with Gasteiger partial charge in [0.25, 0.3) is 0 Å². The van der Waals surface area contributed by atoms with E-state index in [-0.39, 0.29) is 17.3 Å². The minimum absolute atomic E-state index is 0.258. The minimum atomic E-state index is -0.384. The summed E-state index contributed by atoms with van der Waals surface area (Å²) in [4.78, 5) is 0. The van der Waals surface area contributed by atoms with Gasteiger partial charge in [-0.15, -0.1) is 0 Å². The molecule has 0 fully saturated rings. The quantitative estimate of drug-likeness (QED) is 0.939. The van der Waals surface area contributed by atoms with E-state index in [0.29, 0.717) is 5.02 Å². The molecule has 3 nitrogen and oxygen atoms in total. The standard InChI is InChI=1S/C14H17ClFN3/c1-14(2,9-4-6-10(16)7-5-9)13(17)12-11(15)8-18-19(12)3/h4-8,13H,17H2,1-3H3. The van der Waals surface area contributed by atoms with Crippen LogP contribution in [0.3, 0.4) is 0 Å². The molecule has 0 aliphatic carbocycles. The fraction of sp³-hybridized carbons (Fsp3) is 0.357. The smallest absolute Gasteiger partial charge is 0.123 e. The molecule has 0 aliphatic heterocycles. The van der Waals surface area contributed by atoms with Gasteiger partial charge in [-0.1, -0.05) is 37.6 Å². The third-order valence-electron chi connectivity index (χ3n) is 3.60. The van der Waals surface area contributed by atoms with Crippen molar-refractivity contribution in [2.75, 3.05) is 0 Å². The molecule has 0 amide bonds. The molecule has 0 bridgehead atoms. The Kier molecular flexibility index (Phi) is 3.65. The first kappa shape index (κ1) is 14.0. The van der Waals surface area contributed by atoms with Crippen LogP contribution in [0.5, 0.6) is 0 Å². The number of aromatic nitrogens is 2. The second kappa shape index (κ2) is 4.94. The van der Waals surface area contributed by atoms with Crippen LogP contribution in [0.4, 0.5) is 4.39 Å². The maximum absolute atomic E-state index is 13.0. The average Bonchev–Trinajstić information content (AvgIpc) is 2.68. The molecule has 2 N–H and O–H groups in total. The molecular weight excluding hydrogens is 265 g/mol. The zero-order valence-electron chi connectivity index (χ0n) is 11.2. The Hall–Kier alpha value is -1.39. The van der Waals surface area contributed by atoms with E-state index in [1.165, 1.54) is 12.1 Å². The predicted molar refractivity (Wildman–Crippen MR) is 74.6 cm³/mol. The van der Waals surface area contributed by atoms with Crippen molar-refractivity contribution in [2.45, 2.75) is 25.3 Å². The number of nitrogens with two attached hydrogens (primary N) is 1. The van der Waals surface area contributed by atoms with E-state index in [2.05, 4.69) is 5.10 Å². The topological polar surface area (TPSA) is 43.8 Å². The SMILES string of the molecule is Cn1ncc(Cl)c1C(N)C(C)(C)c1ccc(F)cc1. The van der Waals surface area contributed by atoms with Crippen molar-refractivity contribution in [2.24, 2.45) is 12.8 Å². The van der Waals surface area contributed by atoms with Crippen LogP contribution < -0.4 is 5.73 Å². The van der Waals surface area contributed by atoms with E-state index >= 15 is 0 Å². The second-order valence-electron chi connectivity index (χ2n) is 5.21. The number of halogens is 2. The summed E-state index contributed by atoms with van der Waals surface area (Å²) in [5, 5.41) is 4.65. The third kappa shape index (κ3) is 2.51. The normalized spacial score (nSPS) is 13.6. The van der Waals surface area contributed by atoms with Gasteiger partial charge >= 0.3 is 0 Å². The first-order valence-electron chi connectivity index (χ1n) is 6.03. The number of benzene rings is 1. The minimum Gasteiger partial charge on any atom is -0.322 e. The van der Waals surface area contributed by atoms with Gasteiger partial charge in [0.1, 0.15) is 5.82 Å². The lowest BCUT2D eigenvalue weighted by Crippen LogP contribution is -2.34. The van der Waals surface area contributed by atoms with E-state index in [0.717, 1.165) is 11.3 Å².